The number of nitrogens with zero attached hydrogens (tertiary/aromatic N) is 4. The first-order valence-corrected chi connectivity index (χ1v) is 10.2. The van der Waals surface area contributed by atoms with E-state index in [1.807, 2.05) is 29.3 Å². The highest BCUT2D eigenvalue weighted by atomic mass is 79.9. The molecule has 0 unspecified atom stereocenters. The lowest BCUT2D eigenvalue weighted by molar-refractivity contribution is -0.384. The van der Waals surface area contributed by atoms with E-state index in [4.69, 9.17) is 0 Å². The number of anilines is 1. The molecular formula is C20H17BrN4O4. The monoisotopic (exact) mass is 456 g/mol. The van der Waals surface area contributed by atoms with Gasteiger partial charge >= 0.3 is 0 Å². The van der Waals surface area contributed by atoms with Crippen molar-refractivity contribution in [3.05, 3.63) is 68.7 Å². The summed E-state index contributed by atoms with van der Waals surface area (Å²) in [5, 5.41) is 15.1. The largest absolute Gasteiger partial charge is 0.274 e. The Morgan fingerprint density at radius 1 is 0.897 bits per heavy atom. The van der Waals surface area contributed by atoms with Gasteiger partial charge in [0.25, 0.3) is 11.6 Å². The fourth-order valence-electron chi connectivity index (χ4n) is 4.75. The topological polar surface area (TPSA) is 87.0 Å². The molecule has 3 aliphatic rings. The quantitative estimate of drug-likeness (QED) is 0.400. The zero-order valence-corrected chi connectivity index (χ0v) is 16.9. The van der Waals surface area contributed by atoms with Gasteiger partial charge in [-0.2, -0.15) is 0 Å². The van der Waals surface area contributed by atoms with Gasteiger partial charge in [0, 0.05) is 29.7 Å². The van der Waals surface area contributed by atoms with Crippen LogP contribution in [0.5, 0.6) is 0 Å². The molecule has 3 saturated heterocycles. The number of non-ortho nitro benzene ring substituents is 1. The van der Waals surface area contributed by atoms with Crippen LogP contribution in [0.15, 0.2) is 53.0 Å². The van der Waals surface area contributed by atoms with Crippen LogP contribution in [0.1, 0.15) is 18.0 Å². The van der Waals surface area contributed by atoms with E-state index in [9.17, 15) is 19.7 Å². The first kappa shape index (κ1) is 18.4. The maximum Gasteiger partial charge on any atom is 0.269 e. The normalized spacial score (nSPS) is 26.8. The van der Waals surface area contributed by atoms with Crippen molar-refractivity contribution in [3.8, 4) is 0 Å². The number of benzene rings is 2. The fraction of sp³-hybridized carbons (Fsp3) is 0.300. The van der Waals surface area contributed by atoms with Crippen molar-refractivity contribution in [2.24, 2.45) is 5.92 Å². The fourth-order valence-corrected chi connectivity index (χ4v) is 5.02. The summed E-state index contributed by atoms with van der Waals surface area (Å²) in [6.07, 6.45) is 0.940. The Kier molecular flexibility index (Phi) is 4.27. The SMILES string of the molecule is O=C1[C@H]2[C@@H](C(=O)N1c1ccc([N+](=O)[O-])cc1)N1CCCN1[C@@H]2c1ccc(Br)cc1. The van der Waals surface area contributed by atoms with Gasteiger partial charge in [0.2, 0.25) is 5.91 Å². The minimum atomic E-state index is -0.533. The van der Waals surface area contributed by atoms with E-state index in [1.165, 1.54) is 29.2 Å². The van der Waals surface area contributed by atoms with E-state index in [2.05, 4.69) is 20.9 Å². The number of hydrogen-bond acceptors (Lipinski definition) is 6. The zero-order chi connectivity index (χ0) is 20.3. The molecule has 29 heavy (non-hydrogen) atoms. The lowest BCUT2D eigenvalue weighted by Gasteiger charge is -2.29. The zero-order valence-electron chi connectivity index (χ0n) is 15.3. The second-order valence-corrected chi connectivity index (χ2v) is 8.35. The molecule has 0 spiro atoms. The van der Waals surface area contributed by atoms with Gasteiger partial charge in [-0.15, -0.1) is 0 Å². The van der Waals surface area contributed by atoms with Crippen molar-refractivity contribution in [1.29, 1.82) is 0 Å². The predicted molar refractivity (Wildman–Crippen MR) is 108 cm³/mol. The van der Waals surface area contributed by atoms with E-state index in [-0.39, 0.29) is 23.5 Å². The summed E-state index contributed by atoms with van der Waals surface area (Å²) >= 11 is 3.44. The number of nitro groups is 1. The van der Waals surface area contributed by atoms with E-state index >= 15 is 0 Å². The lowest BCUT2D eigenvalue weighted by Crippen LogP contribution is -2.44. The number of amides is 2. The highest BCUT2D eigenvalue weighted by Gasteiger charge is 2.62. The second kappa shape index (κ2) is 6.72. The molecule has 0 bridgehead atoms. The number of carbonyl (C=O) groups is 2. The molecule has 2 aromatic carbocycles. The molecule has 8 nitrogen and oxygen atoms in total. The van der Waals surface area contributed by atoms with Gasteiger partial charge in [0.05, 0.1) is 22.6 Å². The molecule has 3 aliphatic heterocycles. The molecule has 9 heteroatoms. The Balaban J connectivity index is 1.54. The number of imide groups is 1. The first-order valence-electron chi connectivity index (χ1n) is 9.38. The Bertz CT molecular complexity index is 1010. The third kappa shape index (κ3) is 2.72. The summed E-state index contributed by atoms with van der Waals surface area (Å²) in [4.78, 5) is 38.3. The Hall–Kier alpha value is -2.62. The molecule has 2 amide bonds. The average molecular weight is 457 g/mol. The van der Waals surface area contributed by atoms with Gasteiger partial charge in [-0.1, -0.05) is 28.1 Å². The highest BCUT2D eigenvalue weighted by Crippen LogP contribution is 2.49. The molecule has 0 saturated carbocycles. The van der Waals surface area contributed by atoms with Crippen LogP contribution in [-0.2, 0) is 9.59 Å². The predicted octanol–water partition coefficient (Wildman–Crippen LogP) is 2.89. The van der Waals surface area contributed by atoms with Crippen molar-refractivity contribution in [2.75, 3.05) is 18.0 Å². The van der Waals surface area contributed by atoms with Crippen LogP contribution in [0.3, 0.4) is 0 Å². The first-order chi connectivity index (χ1) is 14.0. The van der Waals surface area contributed by atoms with Crippen LogP contribution in [0, 0.1) is 16.0 Å². The summed E-state index contributed by atoms with van der Waals surface area (Å²) in [6, 6.07) is 12.7. The van der Waals surface area contributed by atoms with Gasteiger partial charge in [-0.05, 0) is 36.2 Å². The molecule has 3 fully saturated rings. The molecule has 2 aromatic rings. The molecular weight excluding hydrogens is 440 g/mol. The minimum absolute atomic E-state index is 0.0773. The van der Waals surface area contributed by atoms with Crippen LogP contribution in [0.25, 0.3) is 0 Å². The summed E-state index contributed by atoms with van der Waals surface area (Å²) < 4.78 is 0.954. The summed E-state index contributed by atoms with van der Waals surface area (Å²) in [5.41, 5.74) is 1.30. The van der Waals surface area contributed by atoms with E-state index in [0.29, 0.717) is 5.69 Å². The number of halogens is 1. The van der Waals surface area contributed by atoms with Crippen molar-refractivity contribution < 1.29 is 14.5 Å². The van der Waals surface area contributed by atoms with Gasteiger partial charge < -0.3 is 0 Å². The number of rotatable bonds is 3. The smallest absolute Gasteiger partial charge is 0.269 e. The molecule has 5 rings (SSSR count). The molecule has 0 N–H and O–H groups in total. The van der Waals surface area contributed by atoms with Crippen LogP contribution in [-0.4, -0.2) is 45.9 Å². The Labute approximate surface area is 174 Å². The number of hydrazine groups is 1. The van der Waals surface area contributed by atoms with Crippen molar-refractivity contribution in [2.45, 2.75) is 18.5 Å². The molecule has 148 valence electrons. The van der Waals surface area contributed by atoms with Crippen LogP contribution in [0.2, 0.25) is 0 Å². The van der Waals surface area contributed by atoms with Gasteiger partial charge in [-0.25, -0.2) is 14.9 Å². The molecule has 0 aliphatic carbocycles. The maximum atomic E-state index is 13.4. The maximum absolute atomic E-state index is 13.4. The highest BCUT2D eigenvalue weighted by molar-refractivity contribution is 9.10. The summed E-state index contributed by atoms with van der Waals surface area (Å²) in [7, 11) is 0. The minimum Gasteiger partial charge on any atom is -0.274 e. The van der Waals surface area contributed by atoms with Gasteiger partial charge in [0.15, 0.2) is 0 Å². The van der Waals surface area contributed by atoms with Gasteiger partial charge in [-0.3, -0.25) is 19.7 Å². The van der Waals surface area contributed by atoms with Crippen molar-refractivity contribution in [1.82, 2.24) is 10.0 Å². The van der Waals surface area contributed by atoms with Crippen LogP contribution in [0.4, 0.5) is 11.4 Å². The number of hydrogen-bond donors (Lipinski definition) is 0. The molecule has 0 radical (unpaired) electrons. The van der Waals surface area contributed by atoms with E-state index in [1.54, 1.807) is 0 Å². The third-order valence-corrected chi connectivity index (χ3v) is 6.46. The Morgan fingerprint density at radius 3 is 2.14 bits per heavy atom. The van der Waals surface area contributed by atoms with E-state index < -0.39 is 16.9 Å². The second-order valence-electron chi connectivity index (χ2n) is 7.43. The Morgan fingerprint density at radius 2 is 1.52 bits per heavy atom. The third-order valence-electron chi connectivity index (χ3n) is 5.94. The summed E-state index contributed by atoms with van der Waals surface area (Å²) in [6.45, 7) is 1.55. The standard InChI is InChI=1S/C20H17BrN4O4/c21-13-4-2-12(3-5-13)17-16-18(23-11-1-10-22(17)23)20(27)24(19(16)26)14-6-8-15(9-7-14)25(28)29/h2-9,16-18H,1,10-11H2/t16-,17-,18+/m1/s1. The van der Waals surface area contributed by atoms with Crippen molar-refractivity contribution >= 4 is 39.1 Å². The number of fused-ring (bicyclic) bond motifs is 3. The number of carbonyl (C=O) groups excluding carboxylic acids is 2. The average Bonchev–Trinajstić information content (AvgIpc) is 3.35. The molecule has 3 atom stereocenters. The van der Waals surface area contributed by atoms with Crippen molar-refractivity contribution in [3.63, 3.8) is 0 Å². The number of nitro benzene ring substituents is 1. The molecule has 0 aromatic heterocycles. The van der Waals surface area contributed by atoms with Gasteiger partial charge in [0.1, 0.15) is 6.04 Å². The van der Waals surface area contributed by atoms with Crippen LogP contribution < -0.4 is 4.90 Å². The van der Waals surface area contributed by atoms with E-state index in [0.717, 1.165) is 29.5 Å². The molecule has 3 heterocycles. The van der Waals surface area contributed by atoms with Crippen LogP contribution >= 0.6 is 15.9 Å². The lowest BCUT2D eigenvalue weighted by atomic mass is 9.90. The summed E-state index contributed by atoms with van der Waals surface area (Å²) in [5.74, 6) is -1.02.